The quantitative estimate of drug-likeness (QED) is 0.889. The van der Waals surface area contributed by atoms with Crippen molar-refractivity contribution in [2.75, 3.05) is 13.1 Å². The first-order valence-corrected chi connectivity index (χ1v) is 6.15. The average Bonchev–Trinajstić information content (AvgIpc) is 2.30. The van der Waals surface area contributed by atoms with E-state index in [4.69, 9.17) is 0 Å². The van der Waals surface area contributed by atoms with Crippen LogP contribution in [0.3, 0.4) is 0 Å². The number of alkyl halides is 3. The number of ether oxygens (including phenoxy) is 1. The Labute approximate surface area is 109 Å². The number of aliphatic hydroxyl groups is 1. The summed E-state index contributed by atoms with van der Waals surface area (Å²) in [6.45, 7) is 1.33. The summed E-state index contributed by atoms with van der Waals surface area (Å²) in [6, 6.07) is 5.95. The highest BCUT2D eigenvalue weighted by atomic mass is 19.4. The third kappa shape index (κ3) is 4.11. The van der Waals surface area contributed by atoms with Gasteiger partial charge in [0.1, 0.15) is 5.75 Å². The Balaban J connectivity index is 2.15. The van der Waals surface area contributed by atoms with E-state index in [1.807, 2.05) is 0 Å². The summed E-state index contributed by atoms with van der Waals surface area (Å²) in [7, 11) is 0. The lowest BCUT2D eigenvalue weighted by molar-refractivity contribution is -0.275. The van der Waals surface area contributed by atoms with Crippen molar-refractivity contribution in [3.63, 3.8) is 0 Å². The highest BCUT2D eigenvalue weighted by Gasteiger charge is 2.34. The largest absolute Gasteiger partial charge is 0.573 e. The van der Waals surface area contributed by atoms with E-state index in [-0.39, 0.29) is 12.2 Å². The van der Waals surface area contributed by atoms with Crippen molar-refractivity contribution >= 4 is 0 Å². The molecule has 2 N–H and O–H groups in total. The molecule has 0 atom stereocenters. The maximum Gasteiger partial charge on any atom is 0.573 e. The lowest BCUT2D eigenvalue weighted by Gasteiger charge is -2.33. The molecule has 1 heterocycles. The fourth-order valence-corrected chi connectivity index (χ4v) is 2.30. The molecular formula is C13H16F3NO2. The zero-order valence-corrected chi connectivity index (χ0v) is 10.3. The molecule has 0 amide bonds. The average molecular weight is 275 g/mol. The van der Waals surface area contributed by atoms with Gasteiger partial charge in [0.2, 0.25) is 0 Å². The number of hydrogen-bond donors (Lipinski definition) is 2. The third-order valence-corrected chi connectivity index (χ3v) is 3.25. The van der Waals surface area contributed by atoms with Crippen LogP contribution in [0.1, 0.15) is 18.4 Å². The molecule has 0 aliphatic carbocycles. The van der Waals surface area contributed by atoms with Crippen LogP contribution in [0.2, 0.25) is 0 Å². The van der Waals surface area contributed by atoms with Gasteiger partial charge in [0.15, 0.2) is 0 Å². The second-order valence-corrected chi connectivity index (χ2v) is 4.81. The second-order valence-electron chi connectivity index (χ2n) is 4.81. The molecule has 3 nitrogen and oxygen atoms in total. The van der Waals surface area contributed by atoms with E-state index < -0.39 is 12.0 Å². The van der Waals surface area contributed by atoms with E-state index in [0.29, 0.717) is 31.5 Å². The van der Waals surface area contributed by atoms with Crippen LogP contribution in [0.25, 0.3) is 0 Å². The molecule has 0 saturated carbocycles. The van der Waals surface area contributed by atoms with Gasteiger partial charge in [-0.05, 0) is 37.6 Å². The van der Waals surface area contributed by atoms with Crippen LogP contribution in [0, 0.1) is 0 Å². The first kappa shape index (κ1) is 14.1. The fraction of sp³-hybridized carbons (Fsp3) is 0.538. The molecule has 2 rings (SSSR count). The van der Waals surface area contributed by atoms with Gasteiger partial charge in [-0.15, -0.1) is 13.2 Å². The predicted molar refractivity (Wildman–Crippen MR) is 63.9 cm³/mol. The topological polar surface area (TPSA) is 41.5 Å². The number of para-hydroxylation sites is 1. The van der Waals surface area contributed by atoms with Gasteiger partial charge in [-0.25, -0.2) is 0 Å². The molecule has 1 saturated heterocycles. The minimum Gasteiger partial charge on any atom is -0.406 e. The Morgan fingerprint density at radius 3 is 2.47 bits per heavy atom. The molecule has 0 aromatic heterocycles. The number of nitrogens with one attached hydrogen (secondary N) is 1. The van der Waals surface area contributed by atoms with E-state index in [1.54, 1.807) is 12.1 Å². The lowest BCUT2D eigenvalue weighted by atomic mass is 9.86. The zero-order chi connectivity index (χ0) is 13.9. The van der Waals surface area contributed by atoms with Gasteiger partial charge in [-0.3, -0.25) is 0 Å². The molecule has 0 spiro atoms. The van der Waals surface area contributed by atoms with Crippen LogP contribution < -0.4 is 10.1 Å². The van der Waals surface area contributed by atoms with Gasteiger partial charge in [0, 0.05) is 6.42 Å². The van der Waals surface area contributed by atoms with Gasteiger partial charge < -0.3 is 15.2 Å². The fourth-order valence-electron chi connectivity index (χ4n) is 2.30. The SMILES string of the molecule is OC1(Cc2ccccc2OC(F)(F)F)CCNCC1. The van der Waals surface area contributed by atoms with E-state index >= 15 is 0 Å². The maximum atomic E-state index is 12.3. The first-order chi connectivity index (χ1) is 8.88. The smallest absolute Gasteiger partial charge is 0.406 e. The zero-order valence-electron chi connectivity index (χ0n) is 10.3. The lowest BCUT2D eigenvalue weighted by Crippen LogP contribution is -2.43. The van der Waals surface area contributed by atoms with Crippen LogP contribution in [-0.4, -0.2) is 30.2 Å². The molecule has 106 valence electrons. The van der Waals surface area contributed by atoms with E-state index in [2.05, 4.69) is 10.1 Å². The second kappa shape index (κ2) is 5.38. The highest BCUT2D eigenvalue weighted by molar-refractivity contribution is 5.34. The molecule has 1 aromatic rings. The van der Waals surface area contributed by atoms with Crippen molar-refractivity contribution in [3.05, 3.63) is 29.8 Å². The molecule has 0 radical (unpaired) electrons. The van der Waals surface area contributed by atoms with Crippen LogP contribution in [0.15, 0.2) is 24.3 Å². The van der Waals surface area contributed by atoms with Gasteiger partial charge in [0.25, 0.3) is 0 Å². The molecule has 1 aliphatic rings. The van der Waals surface area contributed by atoms with Gasteiger partial charge in [-0.1, -0.05) is 18.2 Å². The minimum absolute atomic E-state index is 0.168. The molecule has 1 aliphatic heterocycles. The van der Waals surface area contributed by atoms with Crippen LogP contribution in [0.5, 0.6) is 5.75 Å². The van der Waals surface area contributed by atoms with E-state index in [0.717, 1.165) is 0 Å². The van der Waals surface area contributed by atoms with Crippen molar-refractivity contribution in [2.45, 2.75) is 31.2 Å². The van der Waals surface area contributed by atoms with Crippen molar-refractivity contribution in [3.8, 4) is 5.75 Å². The Morgan fingerprint density at radius 2 is 1.84 bits per heavy atom. The van der Waals surface area contributed by atoms with E-state index in [9.17, 15) is 18.3 Å². The Bertz CT molecular complexity index is 428. The van der Waals surface area contributed by atoms with Crippen molar-refractivity contribution in [2.24, 2.45) is 0 Å². The molecule has 0 unspecified atom stereocenters. The highest BCUT2D eigenvalue weighted by Crippen LogP contribution is 2.31. The summed E-state index contributed by atoms with van der Waals surface area (Å²) in [5.74, 6) is -0.234. The molecular weight excluding hydrogens is 259 g/mol. The van der Waals surface area contributed by atoms with Crippen LogP contribution in [0.4, 0.5) is 13.2 Å². The summed E-state index contributed by atoms with van der Waals surface area (Å²) in [4.78, 5) is 0. The maximum absolute atomic E-state index is 12.3. The molecule has 19 heavy (non-hydrogen) atoms. The number of hydrogen-bond acceptors (Lipinski definition) is 3. The number of rotatable bonds is 3. The summed E-state index contributed by atoms with van der Waals surface area (Å²) in [5, 5.41) is 13.5. The Kier molecular flexibility index (Phi) is 4.01. The molecule has 6 heteroatoms. The first-order valence-electron chi connectivity index (χ1n) is 6.15. The summed E-state index contributed by atoms with van der Waals surface area (Å²) < 4.78 is 40.9. The van der Waals surface area contributed by atoms with Gasteiger partial charge in [-0.2, -0.15) is 0 Å². The number of halogens is 3. The number of benzene rings is 1. The Morgan fingerprint density at radius 1 is 1.21 bits per heavy atom. The summed E-state index contributed by atoms with van der Waals surface area (Å²) >= 11 is 0. The minimum atomic E-state index is -4.72. The predicted octanol–water partition coefficient (Wildman–Crippen LogP) is 2.24. The van der Waals surface area contributed by atoms with Crippen LogP contribution in [-0.2, 0) is 6.42 Å². The van der Waals surface area contributed by atoms with Gasteiger partial charge >= 0.3 is 6.36 Å². The number of piperidine rings is 1. The molecule has 1 aromatic carbocycles. The summed E-state index contributed by atoms with van der Waals surface area (Å²) in [6.07, 6.45) is -3.51. The summed E-state index contributed by atoms with van der Waals surface area (Å²) in [5.41, 5.74) is -0.583. The van der Waals surface area contributed by atoms with Gasteiger partial charge in [0.05, 0.1) is 5.60 Å². The van der Waals surface area contributed by atoms with Crippen molar-refractivity contribution < 1.29 is 23.0 Å². The monoisotopic (exact) mass is 275 g/mol. The van der Waals surface area contributed by atoms with Crippen molar-refractivity contribution in [1.29, 1.82) is 0 Å². The van der Waals surface area contributed by atoms with Crippen molar-refractivity contribution in [1.82, 2.24) is 5.32 Å². The molecule has 0 bridgehead atoms. The third-order valence-electron chi connectivity index (χ3n) is 3.25. The Hall–Kier alpha value is -1.27. The molecule has 1 fully saturated rings. The standard InChI is InChI=1S/C13H16F3NO2/c14-13(15,16)19-11-4-2-1-3-10(11)9-12(18)5-7-17-8-6-12/h1-4,17-18H,5-9H2. The van der Waals surface area contributed by atoms with E-state index in [1.165, 1.54) is 12.1 Å². The normalized spacial score (nSPS) is 19.2. The van der Waals surface area contributed by atoms with Crippen LogP contribution >= 0.6 is 0 Å².